The lowest BCUT2D eigenvalue weighted by Crippen LogP contribution is -2.49. The smallest absolute Gasteiger partial charge is 0.139 e. The van der Waals surface area contributed by atoms with Crippen molar-refractivity contribution in [1.29, 1.82) is 5.26 Å². The molecule has 0 unspecified atom stereocenters. The molecule has 2 aliphatic heterocycles. The van der Waals surface area contributed by atoms with E-state index >= 15 is 0 Å². The number of benzene rings is 2. The van der Waals surface area contributed by atoms with E-state index in [1.807, 2.05) is 12.1 Å². The number of morpholine rings is 1. The van der Waals surface area contributed by atoms with Gasteiger partial charge >= 0.3 is 0 Å². The van der Waals surface area contributed by atoms with Crippen LogP contribution in [0.1, 0.15) is 11.3 Å². The standard InChI is InChI=1S/C33H36Cl2N6O4/c1-42-31-15-26-29(37-19-23(18-36)33(26)38-30-17-32(43-2)28(35)16-27(30)34)14-25(31)22-13-24(45-21-22)20-41-7-5-39(6-8-41)3-4-40-9-11-44-12-10-40/h13-17,19,21H,3-12,20H2,1-2H3,(H,37,38). The Morgan fingerprint density at radius 3 is 2.31 bits per heavy atom. The number of hydrogen-bond acceptors (Lipinski definition) is 10. The van der Waals surface area contributed by atoms with E-state index in [4.69, 9.17) is 41.8 Å². The Morgan fingerprint density at radius 1 is 0.889 bits per heavy atom. The van der Waals surface area contributed by atoms with Gasteiger partial charge in [-0.3, -0.25) is 19.7 Å². The number of nitriles is 1. The van der Waals surface area contributed by atoms with Crippen molar-refractivity contribution in [2.45, 2.75) is 6.54 Å². The highest BCUT2D eigenvalue weighted by atomic mass is 35.5. The second kappa shape index (κ2) is 14.3. The number of anilines is 2. The molecule has 2 aromatic carbocycles. The van der Waals surface area contributed by atoms with Crippen LogP contribution in [0.25, 0.3) is 22.0 Å². The van der Waals surface area contributed by atoms with Gasteiger partial charge in [0.15, 0.2) is 0 Å². The fourth-order valence-electron chi connectivity index (χ4n) is 5.85. The van der Waals surface area contributed by atoms with Crippen LogP contribution in [-0.4, -0.2) is 99.5 Å². The van der Waals surface area contributed by atoms with Crippen molar-refractivity contribution in [1.82, 2.24) is 19.7 Å². The second-order valence-electron chi connectivity index (χ2n) is 11.2. The third-order valence-corrected chi connectivity index (χ3v) is 9.06. The summed E-state index contributed by atoms with van der Waals surface area (Å²) in [7, 11) is 3.16. The number of piperazine rings is 1. The molecule has 1 N–H and O–H groups in total. The van der Waals surface area contributed by atoms with Gasteiger partial charge in [0.1, 0.15) is 23.3 Å². The van der Waals surface area contributed by atoms with Gasteiger partial charge in [-0.1, -0.05) is 23.2 Å². The van der Waals surface area contributed by atoms with Crippen LogP contribution in [0, 0.1) is 11.3 Å². The van der Waals surface area contributed by atoms with Crippen molar-refractivity contribution in [3.8, 4) is 28.7 Å². The Labute approximate surface area is 273 Å². The van der Waals surface area contributed by atoms with Crippen LogP contribution in [0.3, 0.4) is 0 Å². The van der Waals surface area contributed by atoms with Gasteiger partial charge < -0.3 is 23.9 Å². The molecular formula is C33H36Cl2N6O4. The second-order valence-corrected chi connectivity index (χ2v) is 12.0. The molecule has 45 heavy (non-hydrogen) atoms. The minimum Gasteiger partial charge on any atom is -0.496 e. The average Bonchev–Trinajstić information content (AvgIpc) is 3.53. The van der Waals surface area contributed by atoms with Gasteiger partial charge in [-0.05, 0) is 24.3 Å². The number of aromatic nitrogens is 1. The summed E-state index contributed by atoms with van der Waals surface area (Å²) in [5.41, 5.74) is 3.88. The maximum Gasteiger partial charge on any atom is 0.139 e. The summed E-state index contributed by atoms with van der Waals surface area (Å²) in [6.45, 7) is 10.8. The van der Waals surface area contributed by atoms with Gasteiger partial charge in [0.25, 0.3) is 0 Å². The number of furan rings is 1. The minimum atomic E-state index is 0.356. The fourth-order valence-corrected chi connectivity index (χ4v) is 6.36. The number of nitrogens with zero attached hydrogens (tertiary/aromatic N) is 5. The number of halogens is 2. The van der Waals surface area contributed by atoms with Gasteiger partial charge in [-0.2, -0.15) is 5.26 Å². The number of fused-ring (bicyclic) bond motifs is 1. The lowest BCUT2D eigenvalue weighted by Gasteiger charge is -2.36. The Hall–Kier alpha value is -3.56. The number of nitrogens with one attached hydrogen (secondary N) is 1. The molecular weight excluding hydrogens is 615 g/mol. The molecule has 2 aliphatic rings. The predicted molar refractivity (Wildman–Crippen MR) is 176 cm³/mol. The lowest BCUT2D eigenvalue weighted by molar-refractivity contribution is 0.0294. The minimum absolute atomic E-state index is 0.356. The molecule has 4 heterocycles. The summed E-state index contributed by atoms with van der Waals surface area (Å²) in [5.74, 6) is 1.99. The normalized spacial score (nSPS) is 16.5. The molecule has 2 aromatic heterocycles. The molecule has 2 fully saturated rings. The molecule has 236 valence electrons. The molecule has 10 nitrogen and oxygen atoms in total. The maximum atomic E-state index is 9.90. The van der Waals surface area contributed by atoms with Gasteiger partial charge in [-0.15, -0.1) is 0 Å². The first-order valence-corrected chi connectivity index (χ1v) is 15.7. The molecule has 4 aromatic rings. The highest BCUT2D eigenvalue weighted by Gasteiger charge is 2.21. The molecule has 2 saturated heterocycles. The van der Waals surface area contributed by atoms with E-state index in [1.54, 1.807) is 31.7 Å². The summed E-state index contributed by atoms with van der Waals surface area (Å²) < 4.78 is 22.7. The summed E-state index contributed by atoms with van der Waals surface area (Å²) in [4.78, 5) is 12.1. The predicted octanol–water partition coefficient (Wildman–Crippen LogP) is 5.88. The van der Waals surface area contributed by atoms with Crippen molar-refractivity contribution < 1.29 is 18.6 Å². The molecule has 12 heteroatoms. The fraction of sp³-hybridized carbons (Fsp3) is 0.394. The SMILES string of the molecule is COc1cc(Nc2c(C#N)cnc3cc(-c4coc(CN5CCN(CCN6CCOCC6)CC5)c4)c(OC)cc23)c(Cl)cc1Cl. The van der Waals surface area contributed by atoms with Gasteiger partial charge in [0.2, 0.25) is 0 Å². The highest BCUT2D eigenvalue weighted by Crippen LogP contribution is 2.41. The van der Waals surface area contributed by atoms with Crippen molar-refractivity contribution in [2.24, 2.45) is 0 Å². The Morgan fingerprint density at radius 2 is 1.60 bits per heavy atom. The summed E-state index contributed by atoms with van der Waals surface area (Å²) in [5, 5.41) is 14.7. The van der Waals surface area contributed by atoms with Crippen molar-refractivity contribution in [3.05, 3.63) is 64.2 Å². The molecule has 0 atom stereocenters. The first kappa shape index (κ1) is 31.4. The Kier molecular flexibility index (Phi) is 9.95. The zero-order valence-corrected chi connectivity index (χ0v) is 27.0. The number of pyridine rings is 1. The Bertz CT molecular complexity index is 1690. The molecule has 6 rings (SSSR count). The van der Waals surface area contributed by atoms with Gasteiger partial charge in [0.05, 0.1) is 72.7 Å². The first-order valence-electron chi connectivity index (χ1n) is 15.0. The number of rotatable bonds is 10. The number of ether oxygens (including phenoxy) is 3. The van der Waals surface area contributed by atoms with E-state index in [9.17, 15) is 5.26 Å². The van der Waals surface area contributed by atoms with E-state index in [0.717, 1.165) is 89.0 Å². The summed E-state index contributed by atoms with van der Waals surface area (Å²) in [6, 6.07) is 11.4. The summed E-state index contributed by atoms with van der Waals surface area (Å²) in [6.07, 6.45) is 3.31. The van der Waals surface area contributed by atoms with Crippen molar-refractivity contribution in [2.75, 3.05) is 85.1 Å². The van der Waals surface area contributed by atoms with Gasteiger partial charge in [0, 0.05) is 81.1 Å². The van der Waals surface area contributed by atoms with E-state index in [2.05, 4.69) is 37.1 Å². The highest BCUT2D eigenvalue weighted by molar-refractivity contribution is 6.37. The van der Waals surface area contributed by atoms with Crippen LogP contribution in [0.5, 0.6) is 11.5 Å². The molecule has 0 amide bonds. The van der Waals surface area contributed by atoms with Crippen LogP contribution >= 0.6 is 23.2 Å². The topological polar surface area (TPSA) is 99.3 Å². The zero-order valence-electron chi connectivity index (χ0n) is 25.4. The quantitative estimate of drug-likeness (QED) is 0.224. The van der Waals surface area contributed by atoms with Crippen LogP contribution < -0.4 is 14.8 Å². The Balaban J connectivity index is 1.18. The lowest BCUT2D eigenvalue weighted by atomic mass is 10.0. The average molecular weight is 652 g/mol. The van der Waals surface area contributed by atoms with E-state index in [-0.39, 0.29) is 0 Å². The van der Waals surface area contributed by atoms with Crippen LogP contribution in [0.2, 0.25) is 10.0 Å². The monoisotopic (exact) mass is 650 g/mol. The summed E-state index contributed by atoms with van der Waals surface area (Å²) >= 11 is 12.7. The zero-order chi connectivity index (χ0) is 31.3. The van der Waals surface area contributed by atoms with Crippen LogP contribution in [-0.2, 0) is 11.3 Å². The first-order chi connectivity index (χ1) is 21.9. The largest absolute Gasteiger partial charge is 0.496 e. The third kappa shape index (κ3) is 7.15. The van der Waals surface area contributed by atoms with Crippen molar-refractivity contribution >= 4 is 45.5 Å². The maximum absolute atomic E-state index is 9.90. The number of hydrogen-bond donors (Lipinski definition) is 1. The van der Waals surface area contributed by atoms with Gasteiger partial charge in [-0.25, -0.2) is 0 Å². The third-order valence-electron chi connectivity index (χ3n) is 8.46. The number of methoxy groups -OCH3 is 2. The molecule has 0 bridgehead atoms. The van der Waals surface area contributed by atoms with Crippen LogP contribution in [0.15, 0.2) is 47.2 Å². The molecule has 0 aliphatic carbocycles. The van der Waals surface area contributed by atoms with Crippen molar-refractivity contribution in [3.63, 3.8) is 0 Å². The van der Waals surface area contributed by atoms with E-state index in [0.29, 0.717) is 49.4 Å². The van der Waals surface area contributed by atoms with Crippen LogP contribution in [0.4, 0.5) is 11.4 Å². The molecule has 0 saturated carbocycles. The molecule has 0 radical (unpaired) electrons. The van der Waals surface area contributed by atoms with E-state index < -0.39 is 0 Å². The molecule has 0 spiro atoms. The van der Waals surface area contributed by atoms with E-state index in [1.165, 1.54) is 7.11 Å².